The average molecular weight is 406 g/mol. The number of alkyl halides is 2. The standard InChI is InChI=1S/C17H15F3N4O.C4H10/c1-9-22-16(12-6-7-13(25-2)24-17(12)23-9)21-8-10-4-3-5-11(14(10)18)15(19)20;1-3-4-2/h3-7,15H,8H2,1-2H3,(H,21,22,23,24);3-4H2,1-2H3. The van der Waals surface area contributed by atoms with E-state index < -0.39 is 17.8 Å². The third kappa shape index (κ3) is 5.79. The lowest BCUT2D eigenvalue weighted by Crippen LogP contribution is -2.07. The van der Waals surface area contributed by atoms with Crippen LogP contribution in [0.1, 0.15) is 50.1 Å². The largest absolute Gasteiger partial charge is 0.481 e. The van der Waals surface area contributed by atoms with Crippen molar-refractivity contribution < 1.29 is 17.9 Å². The van der Waals surface area contributed by atoms with Crippen molar-refractivity contribution in [2.45, 2.75) is 46.6 Å². The number of methoxy groups -OCH3 is 1. The molecule has 0 spiro atoms. The van der Waals surface area contributed by atoms with E-state index in [0.717, 1.165) is 6.07 Å². The molecule has 0 aliphatic heterocycles. The number of unbranched alkanes of at least 4 members (excludes halogenated alkanes) is 1. The molecule has 156 valence electrons. The van der Waals surface area contributed by atoms with Crippen molar-refractivity contribution in [2.24, 2.45) is 0 Å². The lowest BCUT2D eigenvalue weighted by atomic mass is 10.1. The summed E-state index contributed by atoms with van der Waals surface area (Å²) in [5.74, 6) is 0.407. The summed E-state index contributed by atoms with van der Waals surface area (Å²) in [4.78, 5) is 12.8. The fourth-order valence-electron chi connectivity index (χ4n) is 2.43. The molecule has 2 heterocycles. The molecule has 1 N–H and O–H groups in total. The molecule has 0 aliphatic rings. The van der Waals surface area contributed by atoms with E-state index in [4.69, 9.17) is 4.74 Å². The molecule has 3 aromatic rings. The summed E-state index contributed by atoms with van der Waals surface area (Å²) in [6.45, 7) is 6.06. The average Bonchev–Trinajstić information content (AvgIpc) is 2.72. The maximum Gasteiger partial charge on any atom is 0.266 e. The first kappa shape index (κ1) is 22.4. The Morgan fingerprint density at radius 1 is 1.03 bits per heavy atom. The van der Waals surface area contributed by atoms with Crippen molar-refractivity contribution in [2.75, 3.05) is 12.4 Å². The minimum absolute atomic E-state index is 0.00394. The predicted molar refractivity (Wildman–Crippen MR) is 108 cm³/mol. The Hall–Kier alpha value is -2.90. The topological polar surface area (TPSA) is 59.9 Å². The third-order valence-electron chi connectivity index (χ3n) is 4.15. The fourth-order valence-corrected chi connectivity index (χ4v) is 2.43. The minimum Gasteiger partial charge on any atom is -0.481 e. The number of nitrogens with zero attached hydrogens (tertiary/aromatic N) is 3. The number of benzene rings is 1. The Morgan fingerprint density at radius 3 is 2.38 bits per heavy atom. The second-order valence-electron chi connectivity index (χ2n) is 6.32. The van der Waals surface area contributed by atoms with E-state index in [9.17, 15) is 13.2 Å². The second kappa shape index (κ2) is 10.6. The number of pyridine rings is 1. The highest BCUT2D eigenvalue weighted by Gasteiger charge is 2.16. The fraction of sp³-hybridized carbons (Fsp3) is 0.381. The Bertz CT molecular complexity index is 949. The van der Waals surface area contributed by atoms with Crippen LogP contribution in [0.4, 0.5) is 19.0 Å². The van der Waals surface area contributed by atoms with Crippen molar-refractivity contribution in [1.82, 2.24) is 15.0 Å². The van der Waals surface area contributed by atoms with E-state index in [-0.39, 0.29) is 12.1 Å². The number of rotatable bonds is 6. The molecular formula is C21H25F3N4O. The van der Waals surface area contributed by atoms with E-state index in [0.29, 0.717) is 28.6 Å². The van der Waals surface area contributed by atoms with Gasteiger partial charge >= 0.3 is 0 Å². The Labute approximate surface area is 168 Å². The van der Waals surface area contributed by atoms with Gasteiger partial charge in [-0.1, -0.05) is 44.9 Å². The molecule has 2 aromatic heterocycles. The number of aryl methyl sites for hydroxylation is 1. The first-order valence-corrected chi connectivity index (χ1v) is 9.39. The van der Waals surface area contributed by atoms with Gasteiger partial charge in [0.25, 0.3) is 6.43 Å². The highest BCUT2D eigenvalue weighted by Crippen LogP contribution is 2.26. The van der Waals surface area contributed by atoms with Crippen molar-refractivity contribution in [3.8, 4) is 5.88 Å². The SMILES string of the molecule is CCCC.COc1ccc2c(NCc3cccc(C(F)F)c3F)nc(C)nc2n1. The summed E-state index contributed by atoms with van der Waals surface area (Å²) in [7, 11) is 1.50. The summed E-state index contributed by atoms with van der Waals surface area (Å²) in [5.41, 5.74) is -0.0609. The van der Waals surface area contributed by atoms with Crippen molar-refractivity contribution in [3.63, 3.8) is 0 Å². The van der Waals surface area contributed by atoms with Gasteiger partial charge in [0.1, 0.15) is 17.5 Å². The van der Waals surface area contributed by atoms with Crippen LogP contribution >= 0.6 is 0 Å². The molecule has 1 aromatic carbocycles. The molecule has 29 heavy (non-hydrogen) atoms. The maximum absolute atomic E-state index is 14.1. The highest BCUT2D eigenvalue weighted by molar-refractivity contribution is 5.86. The minimum atomic E-state index is -2.86. The molecular weight excluding hydrogens is 381 g/mol. The van der Waals surface area contributed by atoms with Crippen LogP contribution in [0.15, 0.2) is 30.3 Å². The maximum atomic E-state index is 14.1. The number of ether oxygens (including phenoxy) is 1. The molecule has 0 bridgehead atoms. The number of fused-ring (bicyclic) bond motifs is 1. The third-order valence-corrected chi connectivity index (χ3v) is 4.15. The number of hydrogen-bond donors (Lipinski definition) is 1. The lowest BCUT2D eigenvalue weighted by Gasteiger charge is -2.12. The van der Waals surface area contributed by atoms with Gasteiger partial charge in [-0.05, 0) is 13.0 Å². The molecule has 8 heteroatoms. The number of halogens is 3. The van der Waals surface area contributed by atoms with Gasteiger partial charge in [0.15, 0.2) is 5.65 Å². The number of anilines is 1. The molecule has 5 nitrogen and oxygen atoms in total. The van der Waals surface area contributed by atoms with E-state index in [1.54, 1.807) is 19.1 Å². The molecule has 0 unspecified atom stereocenters. The van der Waals surface area contributed by atoms with Gasteiger partial charge < -0.3 is 10.1 Å². The van der Waals surface area contributed by atoms with Crippen molar-refractivity contribution in [1.29, 1.82) is 0 Å². The van der Waals surface area contributed by atoms with Crippen LogP contribution < -0.4 is 10.1 Å². The zero-order valence-corrected chi connectivity index (χ0v) is 17.0. The van der Waals surface area contributed by atoms with E-state index in [1.165, 1.54) is 32.1 Å². The van der Waals surface area contributed by atoms with Gasteiger partial charge in [-0.15, -0.1) is 0 Å². The van der Waals surface area contributed by atoms with E-state index >= 15 is 0 Å². The van der Waals surface area contributed by atoms with Crippen LogP contribution in [-0.4, -0.2) is 22.1 Å². The Kier molecular flexibility index (Phi) is 8.18. The lowest BCUT2D eigenvalue weighted by molar-refractivity contribution is 0.146. The zero-order chi connectivity index (χ0) is 21.4. The summed E-state index contributed by atoms with van der Waals surface area (Å²) in [6.07, 6.45) is -0.223. The summed E-state index contributed by atoms with van der Waals surface area (Å²) in [6, 6.07) is 7.31. The smallest absolute Gasteiger partial charge is 0.266 e. The quantitative estimate of drug-likeness (QED) is 0.557. The number of nitrogens with one attached hydrogen (secondary N) is 1. The molecule has 0 saturated heterocycles. The van der Waals surface area contributed by atoms with Gasteiger partial charge in [0, 0.05) is 18.2 Å². The van der Waals surface area contributed by atoms with Crippen LogP contribution in [0.5, 0.6) is 5.88 Å². The van der Waals surface area contributed by atoms with Crippen LogP contribution in [0, 0.1) is 12.7 Å². The zero-order valence-electron chi connectivity index (χ0n) is 17.0. The molecule has 0 radical (unpaired) electrons. The normalized spacial score (nSPS) is 10.6. The number of aromatic nitrogens is 3. The first-order valence-electron chi connectivity index (χ1n) is 9.39. The monoisotopic (exact) mass is 406 g/mol. The predicted octanol–water partition coefficient (Wildman–Crippen LogP) is 5.84. The van der Waals surface area contributed by atoms with E-state index in [1.807, 2.05) is 0 Å². The molecule has 0 aliphatic carbocycles. The van der Waals surface area contributed by atoms with Crippen LogP contribution in [0.3, 0.4) is 0 Å². The van der Waals surface area contributed by atoms with E-state index in [2.05, 4.69) is 34.1 Å². The van der Waals surface area contributed by atoms with Gasteiger partial charge in [-0.3, -0.25) is 0 Å². The first-order chi connectivity index (χ1) is 13.9. The van der Waals surface area contributed by atoms with Crippen LogP contribution in [0.25, 0.3) is 11.0 Å². The van der Waals surface area contributed by atoms with Crippen LogP contribution in [-0.2, 0) is 6.54 Å². The Balaban J connectivity index is 0.000000687. The molecule has 0 saturated carbocycles. The highest BCUT2D eigenvalue weighted by atomic mass is 19.3. The summed E-state index contributed by atoms with van der Waals surface area (Å²) < 4.78 is 44.8. The molecule has 0 amide bonds. The molecule has 3 rings (SSSR count). The summed E-state index contributed by atoms with van der Waals surface area (Å²) >= 11 is 0. The van der Waals surface area contributed by atoms with Crippen molar-refractivity contribution in [3.05, 3.63) is 53.1 Å². The van der Waals surface area contributed by atoms with Gasteiger partial charge in [0.2, 0.25) is 5.88 Å². The van der Waals surface area contributed by atoms with Gasteiger partial charge in [-0.25, -0.2) is 23.1 Å². The molecule has 0 fully saturated rings. The Morgan fingerprint density at radius 2 is 1.76 bits per heavy atom. The van der Waals surface area contributed by atoms with Crippen molar-refractivity contribution >= 4 is 16.9 Å². The second-order valence-corrected chi connectivity index (χ2v) is 6.32. The molecule has 0 atom stereocenters. The number of hydrogen-bond acceptors (Lipinski definition) is 5. The summed E-state index contributed by atoms with van der Waals surface area (Å²) in [5, 5.41) is 3.59. The van der Waals surface area contributed by atoms with Gasteiger partial charge in [-0.2, -0.15) is 4.98 Å². The van der Waals surface area contributed by atoms with Gasteiger partial charge in [0.05, 0.1) is 18.1 Å². The van der Waals surface area contributed by atoms with Crippen LogP contribution in [0.2, 0.25) is 0 Å².